The minimum absolute atomic E-state index is 0.171. The number of methoxy groups -OCH3 is 1. The largest absolute Gasteiger partial charge is 0.466 e. The number of carbonyl (C=O) groups is 2. The molecule has 6 nitrogen and oxygen atoms in total. The van der Waals surface area contributed by atoms with Gasteiger partial charge in [-0.3, -0.25) is 9.59 Å². The van der Waals surface area contributed by atoms with Crippen LogP contribution in [0.2, 0.25) is 0 Å². The molecule has 1 aromatic rings. The molecule has 0 bridgehead atoms. The van der Waals surface area contributed by atoms with Crippen molar-refractivity contribution in [3.63, 3.8) is 0 Å². The van der Waals surface area contributed by atoms with E-state index < -0.39 is 11.9 Å². The van der Waals surface area contributed by atoms with Gasteiger partial charge in [0.25, 0.3) is 5.91 Å². The topological polar surface area (TPSA) is 88.3 Å². The molecule has 96 valence electrons. The van der Waals surface area contributed by atoms with E-state index in [2.05, 4.69) is 15.0 Å². The summed E-state index contributed by atoms with van der Waals surface area (Å²) < 4.78 is 4.39. The highest BCUT2D eigenvalue weighted by Crippen LogP contribution is 1.96. The molecule has 1 amide bonds. The molecule has 0 aliphatic heterocycles. The van der Waals surface area contributed by atoms with Crippen LogP contribution in [0.5, 0.6) is 0 Å². The number of ether oxygens (including phenoxy) is 1. The van der Waals surface area contributed by atoms with Crippen LogP contribution in [0.25, 0.3) is 0 Å². The molecule has 1 aromatic heterocycles. The summed E-state index contributed by atoms with van der Waals surface area (Å²) in [5.41, 5.74) is 0.561. The van der Waals surface area contributed by atoms with Gasteiger partial charge in [-0.15, -0.1) is 0 Å². The maximum absolute atomic E-state index is 11.6. The molecule has 0 aliphatic carbocycles. The Morgan fingerprint density at radius 1 is 1.44 bits per heavy atom. The predicted molar refractivity (Wildman–Crippen MR) is 65.3 cm³/mol. The van der Waals surface area contributed by atoms with E-state index in [0.29, 0.717) is 5.56 Å². The molecule has 1 rings (SSSR count). The fraction of sp³-hybridized carbons (Fsp3) is 0.250. The van der Waals surface area contributed by atoms with Crippen LogP contribution in [0.15, 0.2) is 29.1 Å². The van der Waals surface area contributed by atoms with Gasteiger partial charge >= 0.3 is 5.97 Å². The lowest BCUT2D eigenvalue weighted by Crippen LogP contribution is -2.26. The molecular weight excluding hydrogens is 236 g/mol. The number of hydrogen-bond acceptors (Lipinski definition) is 4. The van der Waals surface area contributed by atoms with Gasteiger partial charge < -0.3 is 15.0 Å². The number of esters is 1. The summed E-state index contributed by atoms with van der Waals surface area (Å²) in [5.74, 6) is -0.904. The van der Waals surface area contributed by atoms with Gasteiger partial charge in [0, 0.05) is 18.7 Å². The maximum atomic E-state index is 11.6. The Labute approximate surface area is 104 Å². The summed E-state index contributed by atoms with van der Waals surface area (Å²) in [7, 11) is 1.27. The van der Waals surface area contributed by atoms with Crippen molar-refractivity contribution in [2.75, 3.05) is 13.7 Å². The number of aromatic nitrogens is 1. The van der Waals surface area contributed by atoms with Crippen LogP contribution in [0, 0.1) is 6.92 Å². The van der Waals surface area contributed by atoms with E-state index in [4.69, 9.17) is 0 Å². The SMILES string of the molecule is COC(=O)/C=C/CNC(=O)c1cc(C)cc(=O)[nH]1. The molecule has 0 fully saturated rings. The zero-order chi connectivity index (χ0) is 13.5. The van der Waals surface area contributed by atoms with E-state index in [1.807, 2.05) is 0 Å². The predicted octanol–water partition coefficient (Wildman–Crippen LogP) is 0.142. The van der Waals surface area contributed by atoms with Gasteiger partial charge in [-0.1, -0.05) is 6.08 Å². The minimum Gasteiger partial charge on any atom is -0.466 e. The van der Waals surface area contributed by atoms with Gasteiger partial charge in [0.2, 0.25) is 5.56 Å². The van der Waals surface area contributed by atoms with Crippen molar-refractivity contribution in [1.82, 2.24) is 10.3 Å². The zero-order valence-electron chi connectivity index (χ0n) is 10.1. The average Bonchev–Trinajstić information content (AvgIpc) is 2.32. The number of rotatable bonds is 4. The first-order valence-electron chi connectivity index (χ1n) is 5.26. The van der Waals surface area contributed by atoms with Crippen molar-refractivity contribution >= 4 is 11.9 Å². The number of aromatic amines is 1. The summed E-state index contributed by atoms with van der Waals surface area (Å²) >= 11 is 0. The summed E-state index contributed by atoms with van der Waals surface area (Å²) in [6.07, 6.45) is 2.66. The third-order valence-corrected chi connectivity index (χ3v) is 2.07. The van der Waals surface area contributed by atoms with Crippen molar-refractivity contribution in [3.8, 4) is 0 Å². The van der Waals surface area contributed by atoms with E-state index in [-0.39, 0.29) is 17.8 Å². The Morgan fingerprint density at radius 2 is 2.17 bits per heavy atom. The van der Waals surface area contributed by atoms with E-state index in [9.17, 15) is 14.4 Å². The van der Waals surface area contributed by atoms with E-state index in [0.717, 1.165) is 0 Å². The average molecular weight is 250 g/mol. The van der Waals surface area contributed by atoms with Crippen molar-refractivity contribution < 1.29 is 14.3 Å². The van der Waals surface area contributed by atoms with Crippen LogP contribution in [0.3, 0.4) is 0 Å². The molecule has 0 unspecified atom stereocenters. The van der Waals surface area contributed by atoms with Gasteiger partial charge in [-0.25, -0.2) is 4.79 Å². The highest BCUT2D eigenvalue weighted by Gasteiger charge is 2.05. The van der Waals surface area contributed by atoms with Gasteiger partial charge in [0.05, 0.1) is 7.11 Å². The van der Waals surface area contributed by atoms with E-state index >= 15 is 0 Å². The Kier molecular flexibility index (Phi) is 4.86. The highest BCUT2D eigenvalue weighted by molar-refractivity contribution is 5.92. The summed E-state index contributed by atoms with van der Waals surface area (Å²) in [6.45, 7) is 1.90. The summed E-state index contributed by atoms with van der Waals surface area (Å²) in [5, 5.41) is 2.53. The van der Waals surface area contributed by atoms with Crippen LogP contribution < -0.4 is 10.9 Å². The quantitative estimate of drug-likeness (QED) is 0.587. The highest BCUT2D eigenvalue weighted by atomic mass is 16.5. The van der Waals surface area contributed by atoms with E-state index in [1.54, 1.807) is 13.0 Å². The van der Waals surface area contributed by atoms with Crippen molar-refractivity contribution in [1.29, 1.82) is 0 Å². The number of hydrogen-bond donors (Lipinski definition) is 2. The van der Waals surface area contributed by atoms with E-state index in [1.165, 1.54) is 25.3 Å². The standard InChI is InChI=1S/C12H14N2O4/c1-8-6-9(14-10(15)7-8)12(17)13-5-3-4-11(16)18-2/h3-4,6-7H,5H2,1-2H3,(H,13,17)(H,14,15)/b4-3+. The molecule has 2 N–H and O–H groups in total. The number of aryl methyl sites for hydroxylation is 1. The molecule has 0 aromatic carbocycles. The Bertz CT molecular complexity index is 531. The van der Waals surface area contributed by atoms with Gasteiger partial charge in [-0.05, 0) is 18.6 Å². The van der Waals surface area contributed by atoms with Crippen molar-refractivity contribution in [2.45, 2.75) is 6.92 Å². The Morgan fingerprint density at radius 3 is 2.78 bits per heavy atom. The minimum atomic E-state index is -0.492. The Hall–Kier alpha value is -2.37. The second kappa shape index (κ2) is 6.39. The first-order valence-corrected chi connectivity index (χ1v) is 5.26. The summed E-state index contributed by atoms with van der Waals surface area (Å²) in [6, 6.07) is 2.97. The zero-order valence-corrected chi connectivity index (χ0v) is 10.1. The lowest BCUT2D eigenvalue weighted by molar-refractivity contribution is -0.134. The maximum Gasteiger partial charge on any atom is 0.330 e. The monoisotopic (exact) mass is 250 g/mol. The third-order valence-electron chi connectivity index (χ3n) is 2.07. The van der Waals surface area contributed by atoms with Crippen molar-refractivity contribution in [2.24, 2.45) is 0 Å². The summed E-state index contributed by atoms with van der Waals surface area (Å²) in [4.78, 5) is 36.0. The normalized spacial score (nSPS) is 10.3. The molecule has 1 heterocycles. The Balaban J connectivity index is 2.58. The fourth-order valence-corrected chi connectivity index (χ4v) is 1.27. The number of amides is 1. The first kappa shape index (κ1) is 13.7. The van der Waals surface area contributed by atoms with Gasteiger partial charge in [0.1, 0.15) is 5.69 Å². The molecule has 0 spiro atoms. The molecule has 0 radical (unpaired) electrons. The first-order chi connectivity index (χ1) is 8.52. The van der Waals surface area contributed by atoms with Crippen molar-refractivity contribution in [3.05, 3.63) is 45.9 Å². The number of carbonyl (C=O) groups excluding carboxylic acids is 2. The van der Waals surface area contributed by atoms with Crippen LogP contribution in [-0.4, -0.2) is 30.5 Å². The molecule has 0 atom stereocenters. The molecule has 0 aliphatic rings. The van der Waals surface area contributed by atoms with Crippen LogP contribution in [0.1, 0.15) is 16.1 Å². The van der Waals surface area contributed by atoms with Crippen LogP contribution in [-0.2, 0) is 9.53 Å². The molecular formula is C12H14N2O4. The molecule has 6 heteroatoms. The lowest BCUT2D eigenvalue weighted by atomic mass is 10.2. The number of H-pyrrole nitrogens is 1. The van der Waals surface area contributed by atoms with Gasteiger partial charge in [0.15, 0.2) is 0 Å². The van der Waals surface area contributed by atoms with Crippen LogP contribution in [0.4, 0.5) is 0 Å². The molecule has 18 heavy (non-hydrogen) atoms. The fourth-order valence-electron chi connectivity index (χ4n) is 1.27. The lowest BCUT2D eigenvalue weighted by Gasteiger charge is -2.02. The number of nitrogens with one attached hydrogen (secondary N) is 2. The molecule has 0 saturated carbocycles. The molecule has 0 saturated heterocycles. The second-order valence-electron chi connectivity index (χ2n) is 3.57. The third kappa shape index (κ3) is 4.25. The second-order valence-corrected chi connectivity index (χ2v) is 3.57. The smallest absolute Gasteiger partial charge is 0.330 e. The number of pyridine rings is 1. The van der Waals surface area contributed by atoms with Crippen LogP contribution >= 0.6 is 0 Å². The van der Waals surface area contributed by atoms with Gasteiger partial charge in [-0.2, -0.15) is 0 Å².